The first-order chi connectivity index (χ1) is 10.1. The summed E-state index contributed by atoms with van der Waals surface area (Å²) in [5.74, 6) is 0.220. The van der Waals surface area contributed by atoms with Crippen molar-refractivity contribution in [2.45, 2.75) is 0 Å². The van der Waals surface area contributed by atoms with Crippen LogP contribution in [0.2, 0.25) is 5.02 Å². The lowest BCUT2D eigenvalue weighted by Crippen LogP contribution is -2.02. The number of allylic oxidation sites excluding steroid dienone is 1. The Balaban J connectivity index is 2.37. The van der Waals surface area contributed by atoms with Gasteiger partial charge >= 0.3 is 0 Å². The van der Waals surface area contributed by atoms with Crippen molar-refractivity contribution in [3.8, 4) is 11.8 Å². The van der Waals surface area contributed by atoms with Gasteiger partial charge in [0.1, 0.15) is 17.4 Å². The number of ether oxygens (including phenoxy) is 1. The molecule has 0 saturated carbocycles. The minimum Gasteiger partial charge on any atom is -0.497 e. The third-order valence-electron chi connectivity index (χ3n) is 2.86. The highest BCUT2D eigenvalue weighted by Crippen LogP contribution is 2.18. The van der Waals surface area contributed by atoms with Gasteiger partial charge in [0.15, 0.2) is 0 Å². The van der Waals surface area contributed by atoms with E-state index in [0.29, 0.717) is 21.9 Å². The van der Waals surface area contributed by atoms with Crippen molar-refractivity contribution in [1.29, 1.82) is 5.26 Å². The van der Waals surface area contributed by atoms with E-state index in [1.807, 2.05) is 6.07 Å². The fraction of sp³-hybridized carbons (Fsp3) is 0.0588. The summed E-state index contributed by atoms with van der Waals surface area (Å²) in [7, 11) is 1.52. The van der Waals surface area contributed by atoms with E-state index in [2.05, 4.69) is 0 Å². The van der Waals surface area contributed by atoms with Gasteiger partial charge in [-0.2, -0.15) is 5.26 Å². The molecule has 0 atom stereocenters. The lowest BCUT2D eigenvalue weighted by atomic mass is 10.0. The molecule has 2 aromatic carbocycles. The standard InChI is InChI=1S/C17H12ClNO2/c1-21-16-7-3-5-13(10-16)17(20)14(11-19)8-12-4-2-6-15(18)9-12/h2-10H,1H3/b14-8+. The van der Waals surface area contributed by atoms with E-state index >= 15 is 0 Å². The highest BCUT2D eigenvalue weighted by atomic mass is 35.5. The van der Waals surface area contributed by atoms with Crippen LogP contribution < -0.4 is 4.74 Å². The molecule has 0 saturated heterocycles. The largest absolute Gasteiger partial charge is 0.497 e. The summed E-state index contributed by atoms with van der Waals surface area (Å²) in [6.45, 7) is 0. The Morgan fingerprint density at radius 3 is 2.67 bits per heavy atom. The van der Waals surface area contributed by atoms with Gasteiger partial charge in [-0.05, 0) is 35.9 Å². The van der Waals surface area contributed by atoms with Crippen LogP contribution in [0, 0.1) is 11.3 Å². The van der Waals surface area contributed by atoms with Gasteiger partial charge in [0.25, 0.3) is 0 Å². The minimum absolute atomic E-state index is 0.0468. The number of Topliss-reactive ketones (excluding diaryl/α,β-unsaturated/α-hetero) is 1. The van der Waals surface area contributed by atoms with Crippen LogP contribution in [-0.2, 0) is 0 Å². The highest BCUT2D eigenvalue weighted by molar-refractivity contribution is 6.30. The van der Waals surface area contributed by atoms with Crippen LogP contribution in [0.1, 0.15) is 15.9 Å². The molecule has 0 radical (unpaired) electrons. The van der Waals surface area contributed by atoms with Crippen molar-refractivity contribution in [3.05, 3.63) is 70.3 Å². The average molecular weight is 298 g/mol. The zero-order chi connectivity index (χ0) is 15.2. The number of hydrogen-bond donors (Lipinski definition) is 0. The number of methoxy groups -OCH3 is 1. The van der Waals surface area contributed by atoms with Gasteiger partial charge in [-0.15, -0.1) is 0 Å². The first kappa shape index (κ1) is 14.8. The van der Waals surface area contributed by atoms with Gasteiger partial charge in [-0.1, -0.05) is 35.9 Å². The number of nitriles is 1. The predicted octanol–water partition coefficient (Wildman–Crippen LogP) is 4.14. The molecule has 0 unspecified atom stereocenters. The Morgan fingerprint density at radius 1 is 1.24 bits per heavy atom. The topological polar surface area (TPSA) is 50.1 Å². The smallest absolute Gasteiger partial charge is 0.203 e. The molecule has 0 heterocycles. The second-order valence-corrected chi connectivity index (χ2v) is 4.72. The fourth-order valence-electron chi connectivity index (χ4n) is 1.83. The van der Waals surface area contributed by atoms with Gasteiger partial charge in [-0.3, -0.25) is 4.79 Å². The normalized spacial score (nSPS) is 10.8. The van der Waals surface area contributed by atoms with E-state index in [1.54, 1.807) is 48.5 Å². The molecule has 0 amide bonds. The first-order valence-corrected chi connectivity index (χ1v) is 6.58. The summed E-state index contributed by atoms with van der Waals surface area (Å²) in [4.78, 5) is 12.4. The molecule has 0 N–H and O–H groups in total. The second-order valence-electron chi connectivity index (χ2n) is 4.29. The van der Waals surface area contributed by atoms with Gasteiger partial charge in [0.05, 0.1) is 7.11 Å². The average Bonchev–Trinajstić information content (AvgIpc) is 2.52. The molecular formula is C17H12ClNO2. The van der Waals surface area contributed by atoms with Crippen LogP contribution in [0.5, 0.6) is 5.75 Å². The summed E-state index contributed by atoms with van der Waals surface area (Å²) < 4.78 is 5.08. The number of ketones is 1. The lowest BCUT2D eigenvalue weighted by Gasteiger charge is -2.03. The van der Waals surface area contributed by atoms with Crippen molar-refractivity contribution in [1.82, 2.24) is 0 Å². The van der Waals surface area contributed by atoms with Crippen LogP contribution in [-0.4, -0.2) is 12.9 Å². The number of benzene rings is 2. The molecule has 4 heteroatoms. The predicted molar refractivity (Wildman–Crippen MR) is 82.4 cm³/mol. The number of rotatable bonds is 4. The Hall–Kier alpha value is -2.57. The molecular weight excluding hydrogens is 286 g/mol. The quantitative estimate of drug-likeness (QED) is 0.484. The molecule has 0 spiro atoms. The summed E-state index contributed by atoms with van der Waals surface area (Å²) in [5, 5.41) is 9.76. The van der Waals surface area contributed by atoms with E-state index in [4.69, 9.17) is 16.3 Å². The molecule has 21 heavy (non-hydrogen) atoms. The number of hydrogen-bond acceptors (Lipinski definition) is 3. The Bertz CT molecular complexity index is 744. The maximum atomic E-state index is 12.4. The van der Waals surface area contributed by atoms with Gasteiger partial charge < -0.3 is 4.74 Å². The number of carbonyl (C=O) groups is 1. The third-order valence-corrected chi connectivity index (χ3v) is 3.09. The first-order valence-electron chi connectivity index (χ1n) is 6.20. The molecule has 0 bridgehead atoms. The van der Waals surface area contributed by atoms with E-state index in [0.717, 1.165) is 0 Å². The SMILES string of the molecule is COc1cccc(C(=O)/C(C#N)=C/c2cccc(Cl)c2)c1. The summed E-state index contributed by atoms with van der Waals surface area (Å²) in [6, 6.07) is 15.6. The van der Waals surface area contributed by atoms with Gasteiger partial charge in [0.2, 0.25) is 5.78 Å². The Morgan fingerprint density at radius 2 is 2.00 bits per heavy atom. The molecule has 2 aromatic rings. The number of halogens is 1. The summed E-state index contributed by atoms with van der Waals surface area (Å²) in [5.41, 5.74) is 1.16. The van der Waals surface area contributed by atoms with E-state index in [-0.39, 0.29) is 11.4 Å². The van der Waals surface area contributed by atoms with Crippen LogP contribution in [0.25, 0.3) is 6.08 Å². The van der Waals surface area contributed by atoms with E-state index < -0.39 is 0 Å². The molecule has 0 aliphatic rings. The molecule has 0 fully saturated rings. The fourth-order valence-corrected chi connectivity index (χ4v) is 2.03. The van der Waals surface area contributed by atoms with Gasteiger partial charge in [-0.25, -0.2) is 0 Å². The monoisotopic (exact) mass is 297 g/mol. The Labute approximate surface area is 128 Å². The minimum atomic E-state index is -0.351. The molecule has 104 valence electrons. The van der Waals surface area contributed by atoms with Crippen molar-refractivity contribution < 1.29 is 9.53 Å². The molecule has 3 nitrogen and oxygen atoms in total. The second kappa shape index (κ2) is 6.74. The number of carbonyl (C=O) groups excluding carboxylic acids is 1. The van der Waals surface area contributed by atoms with E-state index in [1.165, 1.54) is 13.2 Å². The summed E-state index contributed by atoms with van der Waals surface area (Å²) >= 11 is 5.89. The van der Waals surface area contributed by atoms with Crippen molar-refractivity contribution in [2.24, 2.45) is 0 Å². The molecule has 0 aromatic heterocycles. The molecule has 0 aliphatic heterocycles. The van der Waals surface area contributed by atoms with Crippen LogP contribution >= 0.6 is 11.6 Å². The van der Waals surface area contributed by atoms with Crippen LogP contribution in [0.4, 0.5) is 0 Å². The van der Waals surface area contributed by atoms with Crippen molar-refractivity contribution >= 4 is 23.5 Å². The van der Waals surface area contributed by atoms with Crippen LogP contribution in [0.15, 0.2) is 54.1 Å². The lowest BCUT2D eigenvalue weighted by molar-refractivity contribution is 0.103. The van der Waals surface area contributed by atoms with E-state index in [9.17, 15) is 10.1 Å². The van der Waals surface area contributed by atoms with Crippen LogP contribution in [0.3, 0.4) is 0 Å². The third kappa shape index (κ3) is 3.71. The van der Waals surface area contributed by atoms with Crippen molar-refractivity contribution in [3.63, 3.8) is 0 Å². The maximum Gasteiger partial charge on any atom is 0.203 e. The maximum absolute atomic E-state index is 12.4. The number of nitrogens with zero attached hydrogens (tertiary/aromatic N) is 1. The van der Waals surface area contributed by atoms with Crippen molar-refractivity contribution in [2.75, 3.05) is 7.11 Å². The Kier molecular flexibility index (Phi) is 4.76. The zero-order valence-corrected chi connectivity index (χ0v) is 12.1. The van der Waals surface area contributed by atoms with Gasteiger partial charge in [0, 0.05) is 10.6 Å². The summed E-state index contributed by atoms with van der Waals surface area (Å²) in [6.07, 6.45) is 1.52. The highest BCUT2D eigenvalue weighted by Gasteiger charge is 2.12. The zero-order valence-electron chi connectivity index (χ0n) is 11.3. The molecule has 2 rings (SSSR count). The molecule has 0 aliphatic carbocycles.